The summed E-state index contributed by atoms with van der Waals surface area (Å²) in [6.45, 7) is 3.82. The molecule has 0 atom stereocenters. The topological polar surface area (TPSA) is 0 Å². The summed E-state index contributed by atoms with van der Waals surface area (Å²) < 4.78 is 2.80. The largest absolute Gasteiger partial charge is 1.00 e. The maximum absolute atomic E-state index is 2.42. The van der Waals surface area contributed by atoms with E-state index in [9.17, 15) is 0 Å². The number of halogens is 1. The second-order valence-electron chi connectivity index (χ2n) is 8.05. The molecule has 3 aromatic rings. The van der Waals surface area contributed by atoms with Crippen LogP contribution in [-0.4, -0.2) is 44.5 Å². The van der Waals surface area contributed by atoms with Gasteiger partial charge in [0.25, 0.3) is 0 Å². The minimum Gasteiger partial charge on any atom is -1.00 e. The summed E-state index contributed by atoms with van der Waals surface area (Å²) in [6.07, 6.45) is 6.07. The van der Waals surface area contributed by atoms with Crippen LogP contribution in [0.4, 0.5) is 0 Å². The van der Waals surface area contributed by atoms with Gasteiger partial charge >= 0.3 is 182 Å². The van der Waals surface area contributed by atoms with Gasteiger partial charge in [-0.3, -0.25) is 0 Å². The zero-order valence-corrected chi connectivity index (χ0v) is 20.7. The third kappa shape index (κ3) is 6.68. The van der Waals surface area contributed by atoms with Crippen molar-refractivity contribution in [1.82, 2.24) is 0 Å². The number of rotatable bonds is 7. The Labute approximate surface area is 198 Å². The first-order valence-corrected chi connectivity index (χ1v) is 12.7. The van der Waals surface area contributed by atoms with Crippen LogP contribution in [0.5, 0.6) is 0 Å². The van der Waals surface area contributed by atoms with Crippen molar-refractivity contribution in [3.8, 4) is 0 Å². The quantitative estimate of drug-likeness (QED) is 0.326. The molecule has 0 unspecified atom stereocenters. The van der Waals surface area contributed by atoms with E-state index in [0.717, 1.165) is 0 Å². The molecular weight excluding hydrogens is 497 g/mol. The van der Waals surface area contributed by atoms with Gasteiger partial charge in [-0.25, -0.2) is 0 Å². The first kappa shape index (κ1) is 23.0. The van der Waals surface area contributed by atoms with Gasteiger partial charge in [0.05, 0.1) is 0 Å². The molecule has 0 spiro atoms. The molecule has 0 N–H and O–H groups in total. The SMILES string of the molecule is C(=C1CC[N+](CCc2ccccc2)(C[Se]c2ccccc2)CC1)c1ccccc1.[Br-]. The van der Waals surface area contributed by atoms with E-state index >= 15 is 0 Å². The Kier molecular flexibility index (Phi) is 8.96. The fourth-order valence-electron chi connectivity index (χ4n) is 4.08. The number of likely N-dealkylation sites (tertiary alicyclic amines) is 1. The summed E-state index contributed by atoms with van der Waals surface area (Å²) >= 11 is 0.540. The van der Waals surface area contributed by atoms with Gasteiger partial charge in [-0.2, -0.15) is 0 Å². The molecule has 0 amide bonds. The van der Waals surface area contributed by atoms with Crippen molar-refractivity contribution in [1.29, 1.82) is 0 Å². The van der Waals surface area contributed by atoms with Crippen LogP contribution in [0.3, 0.4) is 0 Å². The van der Waals surface area contributed by atoms with E-state index in [1.807, 2.05) is 0 Å². The van der Waals surface area contributed by atoms with Gasteiger partial charge in [-0.05, 0) is 0 Å². The monoisotopic (exact) mass is 527 g/mol. The second kappa shape index (κ2) is 11.7. The van der Waals surface area contributed by atoms with Crippen LogP contribution < -0.4 is 21.4 Å². The summed E-state index contributed by atoms with van der Waals surface area (Å²) in [5.41, 5.74) is 5.75. The molecule has 1 heterocycles. The number of benzene rings is 3. The minimum absolute atomic E-state index is 0. The van der Waals surface area contributed by atoms with Crippen LogP contribution in [0, 0.1) is 0 Å². The molecule has 0 bridgehead atoms. The van der Waals surface area contributed by atoms with E-state index in [4.69, 9.17) is 0 Å². The summed E-state index contributed by atoms with van der Waals surface area (Å²) in [5, 5.41) is 0. The van der Waals surface area contributed by atoms with E-state index in [0.29, 0.717) is 15.0 Å². The molecule has 4 rings (SSSR count). The standard InChI is InChI=1S/C27H30NSe.BrH/c1-4-10-24(11-5-1)16-19-28(23-29-27-14-8-3-9-15-27)20-17-26(18-21-28)22-25-12-6-2-7-13-25;/h1-15,22H,16-21,23H2;1H/q+1;/p-1. The van der Waals surface area contributed by atoms with Crippen molar-refractivity contribution < 1.29 is 21.5 Å². The number of hydrogen-bond acceptors (Lipinski definition) is 0. The molecule has 3 aromatic carbocycles. The van der Waals surface area contributed by atoms with Crippen LogP contribution in [0.15, 0.2) is 96.6 Å². The van der Waals surface area contributed by atoms with Crippen molar-refractivity contribution in [3.05, 3.63) is 108 Å². The van der Waals surface area contributed by atoms with Crippen LogP contribution in [-0.2, 0) is 6.42 Å². The van der Waals surface area contributed by atoms with Crippen LogP contribution in [0.25, 0.3) is 6.08 Å². The molecule has 3 heteroatoms. The number of quaternary nitrogens is 1. The van der Waals surface area contributed by atoms with E-state index in [1.54, 1.807) is 5.57 Å². The van der Waals surface area contributed by atoms with Crippen molar-refractivity contribution in [2.45, 2.75) is 19.3 Å². The molecule has 0 aliphatic carbocycles. The average molecular weight is 527 g/mol. The normalized spacial score (nSPS) is 18.5. The molecule has 0 radical (unpaired) electrons. The molecular formula is C27H30BrNSe. The molecule has 30 heavy (non-hydrogen) atoms. The first-order valence-electron chi connectivity index (χ1n) is 10.6. The van der Waals surface area contributed by atoms with E-state index in [2.05, 4.69) is 97.1 Å². The third-order valence-electron chi connectivity index (χ3n) is 5.95. The van der Waals surface area contributed by atoms with Crippen molar-refractivity contribution in [3.63, 3.8) is 0 Å². The molecule has 1 aliphatic heterocycles. The van der Waals surface area contributed by atoms with Gasteiger partial charge in [-0.1, -0.05) is 0 Å². The third-order valence-corrected chi connectivity index (χ3v) is 8.64. The number of hydrogen-bond donors (Lipinski definition) is 0. The summed E-state index contributed by atoms with van der Waals surface area (Å²) in [7, 11) is 0. The Morgan fingerprint density at radius 3 is 1.93 bits per heavy atom. The van der Waals surface area contributed by atoms with Crippen LogP contribution in [0.1, 0.15) is 24.0 Å². The van der Waals surface area contributed by atoms with Crippen molar-refractivity contribution in [2.24, 2.45) is 0 Å². The Morgan fingerprint density at radius 1 is 0.733 bits per heavy atom. The van der Waals surface area contributed by atoms with Gasteiger partial charge in [0, 0.05) is 0 Å². The van der Waals surface area contributed by atoms with Crippen molar-refractivity contribution in [2.75, 3.05) is 25.1 Å². The maximum Gasteiger partial charge on any atom is -1.00 e. The van der Waals surface area contributed by atoms with E-state index in [-0.39, 0.29) is 17.0 Å². The fraction of sp³-hybridized carbons (Fsp3) is 0.259. The predicted octanol–water partition coefficient (Wildman–Crippen LogP) is 1.91. The molecule has 1 nitrogen and oxygen atoms in total. The summed E-state index contributed by atoms with van der Waals surface area (Å²) in [6, 6.07) is 32.9. The smallest absolute Gasteiger partial charge is 1.00 e. The molecule has 1 fully saturated rings. The first-order chi connectivity index (χ1) is 14.3. The van der Waals surface area contributed by atoms with Gasteiger partial charge in [-0.15, -0.1) is 0 Å². The molecule has 0 aromatic heterocycles. The van der Waals surface area contributed by atoms with Crippen LogP contribution in [0.2, 0.25) is 0 Å². The summed E-state index contributed by atoms with van der Waals surface area (Å²) in [4.78, 5) is 0. The van der Waals surface area contributed by atoms with Gasteiger partial charge in [0.2, 0.25) is 0 Å². The van der Waals surface area contributed by atoms with Gasteiger partial charge in [0.15, 0.2) is 0 Å². The van der Waals surface area contributed by atoms with Gasteiger partial charge in [0.1, 0.15) is 0 Å². The molecule has 1 aliphatic rings. The van der Waals surface area contributed by atoms with E-state index in [1.165, 1.54) is 64.4 Å². The molecule has 1 saturated heterocycles. The zero-order chi connectivity index (χ0) is 19.8. The minimum atomic E-state index is 0. The van der Waals surface area contributed by atoms with E-state index < -0.39 is 0 Å². The zero-order valence-electron chi connectivity index (χ0n) is 17.4. The second-order valence-corrected chi connectivity index (χ2v) is 10.2. The maximum atomic E-state index is 2.42. The Hall–Kier alpha value is -1.64. The Morgan fingerprint density at radius 2 is 1.30 bits per heavy atom. The summed E-state index contributed by atoms with van der Waals surface area (Å²) in [5.74, 6) is 0. The number of piperidine rings is 1. The Bertz CT molecular complexity index is 854. The van der Waals surface area contributed by atoms with Gasteiger partial charge < -0.3 is 17.0 Å². The van der Waals surface area contributed by atoms with Crippen molar-refractivity contribution >= 4 is 25.5 Å². The molecule has 156 valence electrons. The number of nitrogens with zero attached hydrogens (tertiary/aromatic N) is 1. The van der Waals surface area contributed by atoms with Crippen LogP contribution >= 0.6 is 0 Å². The Balaban J connectivity index is 0.00000256. The fourth-order valence-corrected chi connectivity index (χ4v) is 6.52. The average Bonchev–Trinajstić information content (AvgIpc) is 2.80. The predicted molar refractivity (Wildman–Crippen MR) is 125 cm³/mol. The molecule has 0 saturated carbocycles.